The maximum Gasteiger partial charge on any atom is 0.0702 e. The van der Waals surface area contributed by atoms with Crippen LogP contribution < -0.4 is 0 Å². The maximum atomic E-state index is 4.79. The third kappa shape index (κ3) is 8.72. The van der Waals surface area contributed by atoms with Gasteiger partial charge in [-0.3, -0.25) is 4.98 Å². The molecule has 1 heteroatoms. The van der Waals surface area contributed by atoms with Gasteiger partial charge in [-0.15, -0.1) is 0 Å². The lowest BCUT2D eigenvalue weighted by molar-refractivity contribution is 0.249. The molecule has 0 bridgehead atoms. The van der Waals surface area contributed by atoms with Crippen LogP contribution in [0.15, 0.2) is 42.6 Å². The summed E-state index contributed by atoms with van der Waals surface area (Å²) in [6.07, 6.45) is 24.2. The second-order valence-electron chi connectivity index (χ2n) is 10.3. The summed E-state index contributed by atoms with van der Waals surface area (Å²) in [6.45, 7) is 4.58. The average Bonchev–Trinajstić information content (AvgIpc) is 2.85. The molecule has 0 N–H and O–H groups in total. The van der Waals surface area contributed by atoms with Gasteiger partial charge in [-0.25, -0.2) is 0 Å². The number of aryl methyl sites for hydroxylation is 2. The summed E-state index contributed by atoms with van der Waals surface area (Å²) in [5, 5.41) is 0. The van der Waals surface area contributed by atoms with Crippen molar-refractivity contribution < 1.29 is 0 Å². The minimum Gasteiger partial charge on any atom is -0.256 e. The molecule has 1 aliphatic carbocycles. The number of unbranched alkanes of at least 4 members (excludes halogenated alkanes) is 6. The lowest BCUT2D eigenvalue weighted by atomic mass is 9.78. The summed E-state index contributed by atoms with van der Waals surface area (Å²) >= 11 is 0. The molecule has 1 saturated carbocycles. The molecule has 3 rings (SSSR count). The highest BCUT2D eigenvalue weighted by atomic mass is 14.7. The standard InChI is InChI=1S/C31H47N/c1-3-5-7-9-11-26-13-15-28(16-14-26)17-18-29-21-24-31(32-25-29)30-22-19-27(20-23-30)12-10-8-6-4-2/h19-26,28H,3-18H2,1-2H3. The van der Waals surface area contributed by atoms with Gasteiger partial charge in [0.15, 0.2) is 0 Å². The lowest BCUT2D eigenvalue weighted by Crippen LogP contribution is -2.15. The molecule has 32 heavy (non-hydrogen) atoms. The fourth-order valence-electron chi connectivity index (χ4n) is 5.38. The maximum absolute atomic E-state index is 4.79. The smallest absolute Gasteiger partial charge is 0.0702 e. The van der Waals surface area contributed by atoms with Crippen molar-refractivity contribution in [2.24, 2.45) is 11.8 Å². The van der Waals surface area contributed by atoms with Crippen molar-refractivity contribution in [2.75, 3.05) is 0 Å². The van der Waals surface area contributed by atoms with Gasteiger partial charge in [0.05, 0.1) is 5.69 Å². The van der Waals surface area contributed by atoms with Crippen LogP contribution >= 0.6 is 0 Å². The minimum absolute atomic E-state index is 0.937. The quantitative estimate of drug-likeness (QED) is 0.270. The highest BCUT2D eigenvalue weighted by Gasteiger charge is 2.20. The predicted molar refractivity (Wildman–Crippen MR) is 140 cm³/mol. The van der Waals surface area contributed by atoms with Crippen LogP contribution in [0.4, 0.5) is 0 Å². The topological polar surface area (TPSA) is 12.9 Å². The summed E-state index contributed by atoms with van der Waals surface area (Å²) < 4.78 is 0. The molecular formula is C31H47N. The monoisotopic (exact) mass is 433 g/mol. The van der Waals surface area contributed by atoms with Crippen LogP contribution in [0.1, 0.15) is 115 Å². The van der Waals surface area contributed by atoms with Crippen molar-refractivity contribution >= 4 is 0 Å². The first kappa shape index (κ1) is 25.0. The summed E-state index contributed by atoms with van der Waals surface area (Å²) in [6, 6.07) is 13.6. The zero-order chi connectivity index (χ0) is 22.4. The number of pyridine rings is 1. The molecule has 2 aromatic rings. The highest BCUT2D eigenvalue weighted by Crippen LogP contribution is 2.34. The molecule has 0 spiro atoms. The van der Waals surface area contributed by atoms with Crippen molar-refractivity contribution in [1.29, 1.82) is 0 Å². The molecule has 1 heterocycles. The van der Waals surface area contributed by atoms with E-state index in [1.807, 2.05) is 0 Å². The van der Waals surface area contributed by atoms with Crippen LogP contribution in [0.25, 0.3) is 11.3 Å². The van der Waals surface area contributed by atoms with Crippen molar-refractivity contribution in [1.82, 2.24) is 4.98 Å². The van der Waals surface area contributed by atoms with Crippen molar-refractivity contribution in [3.05, 3.63) is 53.7 Å². The Hall–Kier alpha value is -1.63. The molecule has 1 aliphatic rings. The van der Waals surface area contributed by atoms with Crippen LogP contribution in [0.2, 0.25) is 0 Å². The van der Waals surface area contributed by atoms with Gasteiger partial charge in [-0.1, -0.05) is 121 Å². The summed E-state index contributed by atoms with van der Waals surface area (Å²) in [4.78, 5) is 4.79. The van der Waals surface area contributed by atoms with Gasteiger partial charge >= 0.3 is 0 Å². The van der Waals surface area contributed by atoms with E-state index in [1.165, 1.54) is 119 Å². The van der Waals surface area contributed by atoms with E-state index in [4.69, 9.17) is 4.98 Å². The van der Waals surface area contributed by atoms with Crippen molar-refractivity contribution in [3.8, 4) is 11.3 Å². The second kappa shape index (κ2) is 14.5. The van der Waals surface area contributed by atoms with Gasteiger partial charge in [-0.05, 0) is 54.7 Å². The Bertz CT molecular complexity index is 722. The average molecular weight is 434 g/mol. The molecule has 1 nitrogen and oxygen atoms in total. The molecule has 176 valence electrons. The van der Waals surface area contributed by atoms with Gasteiger partial charge in [0, 0.05) is 11.8 Å². The zero-order valence-electron chi connectivity index (χ0n) is 21.0. The summed E-state index contributed by atoms with van der Waals surface area (Å²) in [5.74, 6) is 1.96. The fraction of sp³-hybridized carbons (Fsp3) is 0.645. The molecule has 0 aliphatic heterocycles. The third-order valence-electron chi connectivity index (χ3n) is 7.67. The second-order valence-corrected chi connectivity index (χ2v) is 10.3. The van der Waals surface area contributed by atoms with E-state index >= 15 is 0 Å². The van der Waals surface area contributed by atoms with E-state index in [0.29, 0.717) is 0 Å². The predicted octanol–water partition coefficient (Wildman–Crippen LogP) is 9.58. The molecule has 0 atom stereocenters. The Balaban J connectivity index is 1.37. The van der Waals surface area contributed by atoms with Crippen LogP contribution in [0.5, 0.6) is 0 Å². The van der Waals surface area contributed by atoms with E-state index in [2.05, 4.69) is 56.4 Å². The van der Waals surface area contributed by atoms with Crippen LogP contribution in [0, 0.1) is 11.8 Å². The molecule has 1 fully saturated rings. The molecule has 0 radical (unpaired) electrons. The first-order valence-corrected chi connectivity index (χ1v) is 13.8. The van der Waals surface area contributed by atoms with Crippen LogP contribution in [-0.2, 0) is 12.8 Å². The number of rotatable bonds is 14. The minimum atomic E-state index is 0.937. The first-order valence-electron chi connectivity index (χ1n) is 13.8. The first-order chi connectivity index (χ1) is 15.8. The normalized spacial score (nSPS) is 18.7. The van der Waals surface area contributed by atoms with Crippen molar-refractivity contribution in [2.45, 2.75) is 117 Å². The fourth-order valence-corrected chi connectivity index (χ4v) is 5.38. The molecule has 1 aromatic heterocycles. The zero-order valence-corrected chi connectivity index (χ0v) is 21.0. The summed E-state index contributed by atoms with van der Waals surface area (Å²) in [5.41, 5.74) is 5.21. The number of hydrogen-bond donors (Lipinski definition) is 0. The van der Waals surface area contributed by atoms with E-state index in [1.54, 1.807) is 0 Å². The van der Waals surface area contributed by atoms with Gasteiger partial charge in [0.1, 0.15) is 0 Å². The van der Waals surface area contributed by atoms with Gasteiger partial charge in [0.2, 0.25) is 0 Å². The van der Waals surface area contributed by atoms with Gasteiger partial charge in [-0.2, -0.15) is 0 Å². The molecule has 0 unspecified atom stereocenters. The van der Waals surface area contributed by atoms with Crippen LogP contribution in [-0.4, -0.2) is 4.98 Å². The Kier molecular flexibility index (Phi) is 11.3. The van der Waals surface area contributed by atoms with Crippen molar-refractivity contribution in [3.63, 3.8) is 0 Å². The Morgan fingerprint density at radius 3 is 1.88 bits per heavy atom. The Morgan fingerprint density at radius 2 is 1.25 bits per heavy atom. The molecule has 0 amide bonds. The molecule has 1 aromatic carbocycles. The Morgan fingerprint density at radius 1 is 0.625 bits per heavy atom. The number of benzene rings is 1. The number of hydrogen-bond acceptors (Lipinski definition) is 1. The third-order valence-corrected chi connectivity index (χ3v) is 7.67. The van der Waals surface area contributed by atoms with Crippen LogP contribution in [0.3, 0.4) is 0 Å². The molecule has 0 saturated heterocycles. The lowest BCUT2D eigenvalue weighted by Gasteiger charge is -2.28. The number of nitrogens with zero attached hydrogens (tertiary/aromatic N) is 1. The summed E-state index contributed by atoms with van der Waals surface area (Å²) in [7, 11) is 0. The van der Waals surface area contributed by atoms with E-state index in [-0.39, 0.29) is 0 Å². The van der Waals surface area contributed by atoms with Gasteiger partial charge < -0.3 is 0 Å². The Labute approximate surface area is 198 Å². The van der Waals surface area contributed by atoms with E-state index in [0.717, 1.165) is 17.5 Å². The number of aromatic nitrogens is 1. The molecular weight excluding hydrogens is 386 g/mol. The largest absolute Gasteiger partial charge is 0.256 e. The van der Waals surface area contributed by atoms with E-state index in [9.17, 15) is 0 Å². The van der Waals surface area contributed by atoms with E-state index < -0.39 is 0 Å². The highest BCUT2D eigenvalue weighted by molar-refractivity contribution is 5.59. The SMILES string of the molecule is CCCCCCc1ccc(-c2ccc(CCC3CCC(CCCCCC)CC3)cn2)cc1. The van der Waals surface area contributed by atoms with Gasteiger partial charge in [0.25, 0.3) is 0 Å².